The summed E-state index contributed by atoms with van der Waals surface area (Å²) < 4.78 is 13.1. The average Bonchev–Trinajstić information content (AvgIpc) is 2.48. The number of carbonyl (C=O) groups excluding carboxylic acids is 1. The van der Waals surface area contributed by atoms with Gasteiger partial charge in [-0.3, -0.25) is 4.79 Å². The molecule has 2 N–H and O–H groups in total. The van der Waals surface area contributed by atoms with Crippen LogP contribution >= 0.6 is 11.6 Å². The molecule has 2 rings (SSSR count). The van der Waals surface area contributed by atoms with E-state index < -0.39 is 5.82 Å². The lowest BCUT2D eigenvalue weighted by atomic mass is 9.97. The molecule has 1 aromatic heterocycles. The van der Waals surface area contributed by atoms with Crippen molar-refractivity contribution >= 4 is 29.0 Å². The summed E-state index contributed by atoms with van der Waals surface area (Å²) in [4.78, 5) is 16.5. The summed E-state index contributed by atoms with van der Waals surface area (Å²) in [5.41, 5.74) is 0.990. The molecule has 0 spiro atoms. The van der Waals surface area contributed by atoms with E-state index in [0.717, 1.165) is 6.54 Å². The second-order valence-electron chi connectivity index (χ2n) is 6.43. The van der Waals surface area contributed by atoms with Gasteiger partial charge in [0.15, 0.2) is 0 Å². The minimum Gasteiger partial charge on any atom is -0.370 e. The lowest BCUT2D eigenvalue weighted by Gasteiger charge is -2.19. The first kappa shape index (κ1) is 17.2. The molecule has 0 unspecified atom stereocenters. The normalized spacial score (nSPS) is 11.2. The molecular weight excluding hydrogens is 317 g/mol. The summed E-state index contributed by atoms with van der Waals surface area (Å²) in [6.07, 6.45) is 1.57. The van der Waals surface area contributed by atoms with Crippen molar-refractivity contribution in [3.63, 3.8) is 0 Å². The smallest absolute Gasteiger partial charge is 0.255 e. The number of anilines is 2. The molecule has 0 radical (unpaired) electrons. The molecule has 122 valence electrons. The highest BCUT2D eigenvalue weighted by Gasteiger charge is 2.12. The lowest BCUT2D eigenvalue weighted by molar-refractivity contribution is 0.102. The monoisotopic (exact) mass is 335 g/mol. The van der Waals surface area contributed by atoms with Crippen LogP contribution in [0.5, 0.6) is 0 Å². The Hall–Kier alpha value is -2.14. The van der Waals surface area contributed by atoms with Crippen LogP contribution in [-0.4, -0.2) is 17.4 Å². The highest BCUT2D eigenvalue weighted by molar-refractivity contribution is 6.31. The largest absolute Gasteiger partial charge is 0.370 e. The Labute approximate surface area is 140 Å². The predicted molar refractivity (Wildman–Crippen MR) is 91.5 cm³/mol. The minimum atomic E-state index is -0.526. The van der Waals surface area contributed by atoms with E-state index in [1.54, 1.807) is 18.3 Å². The number of amides is 1. The summed E-state index contributed by atoms with van der Waals surface area (Å²) in [7, 11) is 0. The number of hydrogen-bond acceptors (Lipinski definition) is 3. The van der Waals surface area contributed by atoms with E-state index in [1.807, 2.05) is 0 Å². The molecule has 0 fully saturated rings. The number of hydrogen-bond donors (Lipinski definition) is 2. The molecule has 0 atom stereocenters. The predicted octanol–water partition coefficient (Wildman–Crippen LogP) is 4.58. The molecular formula is C17H19ClFN3O. The van der Waals surface area contributed by atoms with E-state index in [1.165, 1.54) is 18.2 Å². The third-order valence-corrected chi connectivity index (χ3v) is 3.29. The van der Waals surface area contributed by atoms with E-state index >= 15 is 0 Å². The van der Waals surface area contributed by atoms with Crippen molar-refractivity contribution in [3.8, 4) is 0 Å². The average molecular weight is 336 g/mol. The molecule has 0 aliphatic carbocycles. The van der Waals surface area contributed by atoms with Crippen molar-refractivity contribution in [3.05, 3.63) is 52.9 Å². The fraction of sp³-hybridized carbons (Fsp3) is 0.294. The lowest BCUT2D eigenvalue weighted by Crippen LogP contribution is -2.20. The maximum atomic E-state index is 13.1. The van der Waals surface area contributed by atoms with Crippen molar-refractivity contribution in [1.82, 2.24) is 4.98 Å². The topological polar surface area (TPSA) is 54.0 Å². The number of benzene rings is 1. The van der Waals surface area contributed by atoms with E-state index in [0.29, 0.717) is 17.1 Å². The maximum Gasteiger partial charge on any atom is 0.255 e. The standard InChI is InChI=1S/C17H19ClFN3O/c1-17(2,3)10-21-15-8-11(6-7-20-15)16(23)22-12-4-5-14(19)13(18)9-12/h4-9H,10H2,1-3H3,(H,20,21)(H,22,23). The van der Waals surface area contributed by atoms with Gasteiger partial charge in [-0.25, -0.2) is 9.37 Å². The molecule has 4 nitrogen and oxygen atoms in total. The van der Waals surface area contributed by atoms with Crippen LogP contribution in [0.25, 0.3) is 0 Å². The third-order valence-electron chi connectivity index (χ3n) is 3.00. The second-order valence-corrected chi connectivity index (χ2v) is 6.83. The van der Waals surface area contributed by atoms with Gasteiger partial charge in [0.05, 0.1) is 5.02 Å². The molecule has 2 aromatic rings. The van der Waals surface area contributed by atoms with Crippen LogP contribution in [-0.2, 0) is 0 Å². The highest BCUT2D eigenvalue weighted by Crippen LogP contribution is 2.20. The zero-order valence-electron chi connectivity index (χ0n) is 13.3. The molecule has 6 heteroatoms. The third kappa shape index (κ3) is 5.21. The van der Waals surface area contributed by atoms with Gasteiger partial charge in [0.2, 0.25) is 0 Å². The Morgan fingerprint density at radius 1 is 1.26 bits per heavy atom. The summed E-state index contributed by atoms with van der Waals surface area (Å²) in [6.45, 7) is 7.05. The molecule has 0 saturated heterocycles. The molecule has 0 bridgehead atoms. The van der Waals surface area contributed by atoms with Crippen LogP contribution in [0.15, 0.2) is 36.5 Å². The maximum absolute atomic E-state index is 13.1. The van der Waals surface area contributed by atoms with E-state index in [9.17, 15) is 9.18 Å². The number of rotatable bonds is 4. The van der Waals surface area contributed by atoms with E-state index in [4.69, 9.17) is 11.6 Å². The first-order valence-electron chi connectivity index (χ1n) is 7.21. The molecule has 1 heterocycles. The molecule has 23 heavy (non-hydrogen) atoms. The summed E-state index contributed by atoms with van der Waals surface area (Å²) in [5, 5.41) is 5.84. The van der Waals surface area contributed by atoms with Crippen LogP contribution in [0.2, 0.25) is 5.02 Å². The van der Waals surface area contributed by atoms with Crippen molar-refractivity contribution < 1.29 is 9.18 Å². The summed E-state index contributed by atoms with van der Waals surface area (Å²) in [6, 6.07) is 7.32. The second kappa shape index (κ2) is 6.96. The zero-order valence-corrected chi connectivity index (χ0v) is 14.0. The van der Waals surface area contributed by atoms with Crippen molar-refractivity contribution in [2.45, 2.75) is 20.8 Å². The van der Waals surface area contributed by atoms with Gasteiger partial charge in [-0.15, -0.1) is 0 Å². The van der Waals surface area contributed by atoms with Crippen LogP contribution < -0.4 is 10.6 Å². The Bertz CT molecular complexity index is 713. The Kier molecular flexibility index (Phi) is 5.21. The first-order chi connectivity index (χ1) is 10.7. The van der Waals surface area contributed by atoms with Gasteiger partial charge in [0, 0.05) is 24.0 Å². The fourth-order valence-electron chi connectivity index (χ4n) is 1.80. The summed E-state index contributed by atoms with van der Waals surface area (Å²) in [5.74, 6) is -0.208. The van der Waals surface area contributed by atoms with Gasteiger partial charge in [-0.05, 0) is 35.7 Å². The van der Waals surface area contributed by atoms with Gasteiger partial charge >= 0.3 is 0 Å². The zero-order chi connectivity index (χ0) is 17.0. The van der Waals surface area contributed by atoms with Gasteiger partial charge in [0.1, 0.15) is 11.6 Å². The number of nitrogens with one attached hydrogen (secondary N) is 2. The molecule has 1 amide bonds. The number of carbonyl (C=O) groups is 1. The molecule has 1 aromatic carbocycles. The fourth-order valence-corrected chi connectivity index (χ4v) is 1.98. The molecule has 0 saturated carbocycles. The Balaban J connectivity index is 2.08. The Morgan fingerprint density at radius 2 is 2.00 bits per heavy atom. The molecule has 0 aliphatic rings. The van der Waals surface area contributed by atoms with Gasteiger partial charge in [0.25, 0.3) is 5.91 Å². The summed E-state index contributed by atoms with van der Waals surface area (Å²) >= 11 is 5.71. The van der Waals surface area contributed by atoms with Crippen molar-refractivity contribution in [2.75, 3.05) is 17.2 Å². The highest BCUT2D eigenvalue weighted by atomic mass is 35.5. The van der Waals surface area contributed by atoms with Crippen LogP contribution in [0.4, 0.5) is 15.9 Å². The Morgan fingerprint density at radius 3 is 2.65 bits per heavy atom. The van der Waals surface area contributed by atoms with Crippen molar-refractivity contribution in [2.24, 2.45) is 5.41 Å². The quantitative estimate of drug-likeness (QED) is 0.859. The first-order valence-corrected chi connectivity index (χ1v) is 7.59. The van der Waals surface area contributed by atoms with E-state index in [2.05, 4.69) is 36.4 Å². The van der Waals surface area contributed by atoms with Crippen molar-refractivity contribution in [1.29, 1.82) is 0 Å². The number of nitrogens with zero attached hydrogens (tertiary/aromatic N) is 1. The van der Waals surface area contributed by atoms with Crippen LogP contribution in [0, 0.1) is 11.2 Å². The number of halogens is 2. The van der Waals surface area contributed by atoms with Gasteiger partial charge in [-0.2, -0.15) is 0 Å². The SMILES string of the molecule is CC(C)(C)CNc1cc(C(=O)Nc2ccc(F)c(Cl)c2)ccn1. The number of aromatic nitrogens is 1. The minimum absolute atomic E-state index is 0.0370. The van der Waals surface area contributed by atoms with Crippen LogP contribution in [0.1, 0.15) is 31.1 Å². The molecule has 0 aliphatic heterocycles. The van der Waals surface area contributed by atoms with E-state index in [-0.39, 0.29) is 16.3 Å². The number of pyridine rings is 1. The van der Waals surface area contributed by atoms with Gasteiger partial charge < -0.3 is 10.6 Å². The van der Waals surface area contributed by atoms with Gasteiger partial charge in [-0.1, -0.05) is 32.4 Å². The van der Waals surface area contributed by atoms with Crippen LogP contribution in [0.3, 0.4) is 0 Å².